The largest absolute Gasteiger partial charge is 0.487 e. The molecule has 0 atom stereocenters. The highest BCUT2D eigenvalue weighted by atomic mass is 35.5. The lowest BCUT2D eigenvalue weighted by Crippen LogP contribution is -1.98. The molecular weight excluding hydrogens is 355 g/mol. The number of nitrogens with zero attached hydrogens (tertiary/aromatic N) is 1. The monoisotopic (exact) mass is 376 g/mol. The lowest BCUT2D eigenvalue weighted by Gasteiger charge is -2.10. The summed E-state index contributed by atoms with van der Waals surface area (Å²) in [4.78, 5) is 4.54. The third kappa shape index (κ3) is 5.33. The van der Waals surface area contributed by atoms with Crippen LogP contribution in [0.25, 0.3) is 10.9 Å². The van der Waals surface area contributed by atoms with Gasteiger partial charge in [-0.15, -0.1) is 0 Å². The molecular formula is C20H22Cl2N2O. The van der Waals surface area contributed by atoms with Crippen molar-refractivity contribution in [3.63, 3.8) is 0 Å². The average Bonchev–Trinajstić information content (AvgIpc) is 2.63. The van der Waals surface area contributed by atoms with Crippen LogP contribution in [-0.4, -0.2) is 11.5 Å². The zero-order valence-electron chi connectivity index (χ0n) is 14.4. The number of hydrogen-bond donors (Lipinski definition) is 1. The van der Waals surface area contributed by atoms with Gasteiger partial charge in [0.25, 0.3) is 0 Å². The number of fused-ring (bicyclic) bond motifs is 1. The molecule has 0 saturated heterocycles. The summed E-state index contributed by atoms with van der Waals surface area (Å²) in [7, 11) is 0. The van der Waals surface area contributed by atoms with Gasteiger partial charge in [-0.3, -0.25) is 0 Å². The molecule has 1 heterocycles. The highest BCUT2D eigenvalue weighted by molar-refractivity contribution is 6.42. The molecule has 0 aliphatic heterocycles. The van der Waals surface area contributed by atoms with Crippen LogP contribution < -0.4 is 10.5 Å². The second-order valence-corrected chi connectivity index (χ2v) is 6.36. The number of aryl methyl sites for hydroxylation is 1. The van der Waals surface area contributed by atoms with Crippen molar-refractivity contribution in [3.05, 3.63) is 69.8 Å². The number of hydrogen-bond acceptors (Lipinski definition) is 3. The molecule has 3 nitrogen and oxygen atoms in total. The predicted octanol–water partition coefficient (Wildman–Crippen LogP) is 5.78. The maximum absolute atomic E-state index is 6.18. The van der Waals surface area contributed by atoms with Crippen LogP contribution in [0.15, 0.2) is 48.5 Å². The Morgan fingerprint density at radius 3 is 2.48 bits per heavy atom. The summed E-state index contributed by atoms with van der Waals surface area (Å²) in [5.41, 5.74) is 7.70. The molecule has 0 amide bonds. The summed E-state index contributed by atoms with van der Waals surface area (Å²) in [5, 5.41) is 2.11. The van der Waals surface area contributed by atoms with Gasteiger partial charge in [0.05, 0.1) is 10.0 Å². The summed E-state index contributed by atoms with van der Waals surface area (Å²) >= 11 is 12.2. The van der Waals surface area contributed by atoms with Gasteiger partial charge in [-0.25, -0.2) is 4.98 Å². The van der Waals surface area contributed by atoms with Crippen molar-refractivity contribution in [1.29, 1.82) is 0 Å². The molecule has 0 radical (unpaired) electrons. The van der Waals surface area contributed by atoms with Crippen LogP contribution in [0, 0.1) is 6.92 Å². The van der Waals surface area contributed by atoms with E-state index in [-0.39, 0.29) is 0 Å². The van der Waals surface area contributed by atoms with E-state index >= 15 is 0 Å². The van der Waals surface area contributed by atoms with E-state index in [9.17, 15) is 0 Å². The first-order chi connectivity index (χ1) is 12.1. The van der Waals surface area contributed by atoms with Crippen molar-refractivity contribution >= 4 is 34.1 Å². The van der Waals surface area contributed by atoms with Crippen LogP contribution in [-0.2, 0) is 6.61 Å². The third-order valence-corrected chi connectivity index (χ3v) is 4.38. The van der Waals surface area contributed by atoms with Gasteiger partial charge in [0.15, 0.2) is 0 Å². The number of para-hydroxylation sites is 1. The maximum Gasteiger partial charge on any atom is 0.146 e. The van der Waals surface area contributed by atoms with Crippen LogP contribution in [0.5, 0.6) is 5.75 Å². The fraction of sp³-hybridized carbons (Fsp3) is 0.250. The van der Waals surface area contributed by atoms with Crippen molar-refractivity contribution < 1.29 is 4.74 Å². The Morgan fingerprint density at radius 1 is 1.04 bits per heavy atom. The minimum absolute atomic E-state index is 0.355. The summed E-state index contributed by atoms with van der Waals surface area (Å²) in [6.45, 7) is 5.19. The van der Waals surface area contributed by atoms with Gasteiger partial charge in [0, 0.05) is 16.6 Å². The van der Waals surface area contributed by atoms with Crippen molar-refractivity contribution in [2.45, 2.75) is 26.9 Å². The van der Waals surface area contributed by atoms with E-state index < -0.39 is 0 Å². The van der Waals surface area contributed by atoms with Gasteiger partial charge >= 0.3 is 0 Å². The van der Waals surface area contributed by atoms with Crippen LogP contribution >= 0.6 is 23.2 Å². The summed E-state index contributed by atoms with van der Waals surface area (Å²) in [6.07, 6.45) is 1.10. The molecule has 132 valence electrons. The molecule has 1 aromatic heterocycles. The number of aromatic nitrogens is 1. The van der Waals surface area contributed by atoms with Crippen LogP contribution in [0.3, 0.4) is 0 Å². The minimum atomic E-state index is 0.355. The van der Waals surface area contributed by atoms with E-state index in [4.69, 9.17) is 33.7 Å². The van der Waals surface area contributed by atoms with E-state index in [2.05, 4.69) is 11.9 Å². The van der Waals surface area contributed by atoms with E-state index in [1.807, 2.05) is 49.4 Å². The molecule has 3 aromatic rings. The number of halogens is 2. The predicted molar refractivity (Wildman–Crippen MR) is 107 cm³/mol. The Balaban J connectivity index is 0.000000511. The highest BCUT2D eigenvalue weighted by Gasteiger charge is 2.08. The molecule has 25 heavy (non-hydrogen) atoms. The topological polar surface area (TPSA) is 48.1 Å². The lowest BCUT2D eigenvalue weighted by atomic mass is 10.2. The first kappa shape index (κ1) is 19.5. The van der Waals surface area contributed by atoms with E-state index in [1.165, 1.54) is 0 Å². The highest BCUT2D eigenvalue weighted by Crippen LogP contribution is 2.28. The van der Waals surface area contributed by atoms with Crippen molar-refractivity contribution in [3.8, 4) is 5.75 Å². The smallest absolute Gasteiger partial charge is 0.146 e. The lowest BCUT2D eigenvalue weighted by molar-refractivity contribution is 0.309. The summed E-state index contributed by atoms with van der Waals surface area (Å²) in [5.74, 6) is 0.743. The molecule has 0 saturated carbocycles. The second kappa shape index (κ2) is 9.62. The zero-order valence-corrected chi connectivity index (χ0v) is 15.9. The van der Waals surface area contributed by atoms with Gasteiger partial charge in [-0.05, 0) is 38.1 Å². The molecule has 3 rings (SSSR count). The number of pyridine rings is 1. The molecule has 0 aliphatic rings. The molecule has 2 aromatic carbocycles. The van der Waals surface area contributed by atoms with Crippen LogP contribution in [0.1, 0.15) is 24.6 Å². The number of ether oxygens (including phenoxy) is 1. The van der Waals surface area contributed by atoms with Crippen molar-refractivity contribution in [2.24, 2.45) is 5.73 Å². The molecule has 0 unspecified atom stereocenters. The molecule has 2 N–H and O–H groups in total. The number of nitrogens with two attached hydrogens (primary N) is 1. The fourth-order valence-corrected chi connectivity index (χ4v) is 2.52. The standard InChI is InChI=1S/C17H13Cl2NO.C3H9N/c1-11-8-9-12-4-3-7-15(17(12)20-11)21-10-13-5-2-6-14(18)16(13)19;1-2-3-4/h2-9H,10H2,1H3;2-4H2,1H3. The van der Waals surface area contributed by atoms with Crippen molar-refractivity contribution in [2.75, 3.05) is 6.54 Å². The van der Waals surface area contributed by atoms with Gasteiger partial charge in [-0.1, -0.05) is 60.5 Å². The third-order valence-electron chi connectivity index (χ3n) is 3.53. The van der Waals surface area contributed by atoms with Gasteiger partial charge in [0.1, 0.15) is 17.9 Å². The quantitative estimate of drug-likeness (QED) is 0.627. The fourth-order valence-electron chi connectivity index (χ4n) is 2.15. The maximum atomic E-state index is 6.18. The molecule has 0 fully saturated rings. The molecule has 0 bridgehead atoms. The van der Waals surface area contributed by atoms with E-state index in [1.54, 1.807) is 6.07 Å². The normalized spacial score (nSPS) is 10.3. The van der Waals surface area contributed by atoms with Gasteiger partial charge in [-0.2, -0.15) is 0 Å². The molecule has 5 heteroatoms. The first-order valence-electron chi connectivity index (χ1n) is 8.19. The Bertz CT molecular complexity index is 835. The first-order valence-corrected chi connectivity index (χ1v) is 8.94. The Morgan fingerprint density at radius 2 is 1.76 bits per heavy atom. The van der Waals surface area contributed by atoms with Gasteiger partial charge < -0.3 is 10.5 Å². The second-order valence-electron chi connectivity index (χ2n) is 5.57. The van der Waals surface area contributed by atoms with E-state index in [0.717, 1.165) is 40.9 Å². The zero-order chi connectivity index (χ0) is 18.2. The van der Waals surface area contributed by atoms with Gasteiger partial charge in [0.2, 0.25) is 0 Å². The average molecular weight is 377 g/mol. The number of rotatable bonds is 4. The van der Waals surface area contributed by atoms with Crippen molar-refractivity contribution in [1.82, 2.24) is 4.98 Å². The summed E-state index contributed by atoms with van der Waals surface area (Å²) in [6, 6.07) is 15.4. The summed E-state index contributed by atoms with van der Waals surface area (Å²) < 4.78 is 5.89. The van der Waals surface area contributed by atoms with Crippen LogP contribution in [0.2, 0.25) is 10.0 Å². The molecule has 0 spiro atoms. The Hall–Kier alpha value is -1.81. The van der Waals surface area contributed by atoms with E-state index in [0.29, 0.717) is 16.7 Å². The Labute approximate surface area is 158 Å². The number of benzene rings is 2. The van der Waals surface area contributed by atoms with Crippen LogP contribution in [0.4, 0.5) is 0 Å². The Kier molecular flexibility index (Phi) is 7.51. The minimum Gasteiger partial charge on any atom is -0.487 e. The molecule has 0 aliphatic carbocycles. The SMILES string of the molecule is CCCN.Cc1ccc2cccc(OCc3cccc(Cl)c3Cl)c2n1.